The molecule has 162 valence electrons. The summed E-state index contributed by atoms with van der Waals surface area (Å²) >= 11 is 6.78. The van der Waals surface area contributed by atoms with E-state index in [1.807, 2.05) is 0 Å². The van der Waals surface area contributed by atoms with Crippen molar-refractivity contribution in [1.82, 2.24) is 14.8 Å². The van der Waals surface area contributed by atoms with Crippen LogP contribution in [-0.2, 0) is 14.8 Å². The Morgan fingerprint density at radius 3 is 2.37 bits per heavy atom. The number of carbonyl (C=O) groups is 2. The molecule has 2 heterocycles. The van der Waals surface area contributed by atoms with Crippen molar-refractivity contribution in [2.75, 3.05) is 37.5 Å². The van der Waals surface area contributed by atoms with Crippen molar-refractivity contribution in [3.8, 4) is 0 Å². The van der Waals surface area contributed by atoms with E-state index in [1.54, 1.807) is 23.6 Å². The third-order valence-corrected chi connectivity index (χ3v) is 7.23. The molecular formula is C18H21ClN4O5S2. The molecule has 1 aliphatic rings. The normalized spacial score (nSPS) is 14.5. The Kier molecular flexibility index (Phi) is 6.84. The SMILES string of the molecule is CCOC(=O)N1CCN(C(=O)c2sc(NS(=O)(=O)c3ccc(Cl)cc3)nc2C)CC1. The number of benzene rings is 1. The maximum absolute atomic E-state index is 12.9. The number of anilines is 1. The highest BCUT2D eigenvalue weighted by molar-refractivity contribution is 7.93. The van der Waals surface area contributed by atoms with Crippen molar-refractivity contribution in [3.63, 3.8) is 0 Å². The second kappa shape index (κ2) is 9.19. The molecule has 0 spiro atoms. The van der Waals surface area contributed by atoms with Gasteiger partial charge >= 0.3 is 6.09 Å². The van der Waals surface area contributed by atoms with Crippen LogP contribution >= 0.6 is 22.9 Å². The van der Waals surface area contributed by atoms with Crippen molar-refractivity contribution in [3.05, 3.63) is 39.9 Å². The van der Waals surface area contributed by atoms with Crippen LogP contribution in [-0.4, -0.2) is 68.0 Å². The Bertz CT molecular complexity index is 1030. The van der Waals surface area contributed by atoms with Crippen LogP contribution in [0.5, 0.6) is 0 Å². The first-order chi connectivity index (χ1) is 14.2. The zero-order chi connectivity index (χ0) is 21.9. The molecule has 0 radical (unpaired) electrons. The first-order valence-corrected chi connectivity index (χ1v) is 11.9. The molecule has 0 aliphatic carbocycles. The number of ether oxygens (including phenoxy) is 1. The van der Waals surface area contributed by atoms with E-state index >= 15 is 0 Å². The van der Waals surface area contributed by atoms with Gasteiger partial charge in [-0.1, -0.05) is 22.9 Å². The molecule has 1 aromatic heterocycles. The van der Waals surface area contributed by atoms with Gasteiger partial charge in [0.2, 0.25) is 0 Å². The number of amides is 2. The highest BCUT2D eigenvalue weighted by atomic mass is 35.5. The lowest BCUT2D eigenvalue weighted by Gasteiger charge is -2.33. The monoisotopic (exact) mass is 472 g/mol. The molecule has 1 saturated heterocycles. The summed E-state index contributed by atoms with van der Waals surface area (Å²) in [5.74, 6) is -0.245. The van der Waals surface area contributed by atoms with E-state index in [-0.39, 0.29) is 15.9 Å². The molecule has 30 heavy (non-hydrogen) atoms. The Hall–Kier alpha value is -2.37. The van der Waals surface area contributed by atoms with Crippen molar-refractivity contribution >= 4 is 50.1 Å². The summed E-state index contributed by atoms with van der Waals surface area (Å²) in [6.07, 6.45) is -0.391. The first kappa shape index (κ1) is 22.3. The van der Waals surface area contributed by atoms with Gasteiger partial charge < -0.3 is 14.5 Å². The molecule has 0 bridgehead atoms. The van der Waals surface area contributed by atoms with Crippen molar-refractivity contribution < 1.29 is 22.7 Å². The Balaban J connectivity index is 1.68. The van der Waals surface area contributed by atoms with E-state index in [4.69, 9.17) is 16.3 Å². The van der Waals surface area contributed by atoms with Gasteiger partial charge in [0.15, 0.2) is 5.13 Å². The number of thiazole rings is 1. The summed E-state index contributed by atoms with van der Waals surface area (Å²) in [4.78, 5) is 32.4. The van der Waals surface area contributed by atoms with Crippen LogP contribution in [0.1, 0.15) is 22.3 Å². The Labute approximate surface area is 183 Å². The summed E-state index contributed by atoms with van der Waals surface area (Å²) in [6.45, 7) is 5.16. The zero-order valence-corrected chi connectivity index (χ0v) is 18.8. The molecule has 3 rings (SSSR count). The van der Waals surface area contributed by atoms with Crippen LogP contribution in [0, 0.1) is 6.92 Å². The van der Waals surface area contributed by atoms with E-state index in [2.05, 4.69) is 9.71 Å². The highest BCUT2D eigenvalue weighted by Gasteiger charge is 2.28. The molecule has 9 nitrogen and oxygen atoms in total. The van der Waals surface area contributed by atoms with Crippen LogP contribution < -0.4 is 4.72 Å². The topological polar surface area (TPSA) is 109 Å². The molecule has 2 aromatic rings. The number of nitrogens with zero attached hydrogens (tertiary/aromatic N) is 3. The summed E-state index contributed by atoms with van der Waals surface area (Å²) in [6, 6.07) is 5.74. The van der Waals surface area contributed by atoms with Crippen LogP contribution in [0.4, 0.5) is 9.93 Å². The van der Waals surface area contributed by atoms with Gasteiger partial charge in [-0.25, -0.2) is 18.2 Å². The lowest BCUT2D eigenvalue weighted by atomic mass is 10.3. The number of rotatable bonds is 5. The Morgan fingerprint density at radius 1 is 1.17 bits per heavy atom. The van der Waals surface area contributed by atoms with Gasteiger partial charge in [-0.3, -0.25) is 9.52 Å². The molecule has 0 atom stereocenters. The number of hydrogen-bond donors (Lipinski definition) is 1. The number of nitrogens with one attached hydrogen (secondary N) is 1. The van der Waals surface area contributed by atoms with Crippen LogP contribution in [0.2, 0.25) is 5.02 Å². The number of piperazine rings is 1. The van der Waals surface area contributed by atoms with E-state index in [9.17, 15) is 18.0 Å². The van der Waals surface area contributed by atoms with Crippen molar-refractivity contribution in [1.29, 1.82) is 0 Å². The largest absolute Gasteiger partial charge is 0.450 e. The fraction of sp³-hybridized carbons (Fsp3) is 0.389. The number of sulfonamides is 1. The second-order valence-corrected chi connectivity index (χ2v) is 9.59. The minimum Gasteiger partial charge on any atom is -0.450 e. The average Bonchev–Trinajstić information content (AvgIpc) is 3.07. The van der Waals surface area contributed by atoms with Crippen molar-refractivity contribution in [2.45, 2.75) is 18.7 Å². The maximum atomic E-state index is 12.9. The molecule has 1 aromatic carbocycles. The summed E-state index contributed by atoms with van der Waals surface area (Å²) in [7, 11) is -3.85. The number of aryl methyl sites for hydroxylation is 1. The number of halogens is 1. The van der Waals surface area contributed by atoms with Crippen LogP contribution in [0.15, 0.2) is 29.2 Å². The highest BCUT2D eigenvalue weighted by Crippen LogP contribution is 2.27. The van der Waals surface area contributed by atoms with Gasteiger partial charge in [0.25, 0.3) is 15.9 Å². The van der Waals surface area contributed by atoms with Gasteiger partial charge in [-0.2, -0.15) is 0 Å². The van der Waals surface area contributed by atoms with Crippen molar-refractivity contribution in [2.24, 2.45) is 0 Å². The van der Waals surface area contributed by atoms with E-state index in [1.165, 1.54) is 24.3 Å². The minimum absolute atomic E-state index is 0.0442. The fourth-order valence-electron chi connectivity index (χ4n) is 2.88. The summed E-state index contributed by atoms with van der Waals surface area (Å²) in [5.41, 5.74) is 0.437. The number of carbonyl (C=O) groups excluding carboxylic acids is 2. The van der Waals surface area contributed by atoms with Gasteiger partial charge in [0, 0.05) is 31.2 Å². The van der Waals surface area contributed by atoms with Crippen LogP contribution in [0.3, 0.4) is 0 Å². The molecule has 1 fully saturated rings. The number of hydrogen-bond acceptors (Lipinski definition) is 7. The average molecular weight is 473 g/mol. The predicted octanol–water partition coefficient (Wildman–Crippen LogP) is 2.82. The maximum Gasteiger partial charge on any atom is 0.409 e. The lowest BCUT2D eigenvalue weighted by molar-refractivity contribution is 0.0573. The third-order valence-electron chi connectivity index (χ3n) is 4.43. The van der Waals surface area contributed by atoms with Gasteiger partial charge in [0.1, 0.15) is 4.88 Å². The van der Waals surface area contributed by atoms with E-state index in [0.717, 1.165) is 11.3 Å². The van der Waals surface area contributed by atoms with Gasteiger partial charge in [-0.05, 0) is 38.1 Å². The van der Waals surface area contributed by atoms with Gasteiger partial charge in [-0.15, -0.1) is 0 Å². The zero-order valence-electron chi connectivity index (χ0n) is 16.4. The molecule has 0 saturated carbocycles. The second-order valence-electron chi connectivity index (χ2n) is 6.47. The molecule has 1 N–H and O–H groups in total. The van der Waals surface area contributed by atoms with E-state index in [0.29, 0.717) is 48.4 Å². The molecule has 12 heteroatoms. The minimum atomic E-state index is -3.85. The van der Waals surface area contributed by atoms with Crippen LogP contribution in [0.25, 0.3) is 0 Å². The quantitative estimate of drug-likeness (QED) is 0.716. The van der Waals surface area contributed by atoms with Gasteiger partial charge in [0.05, 0.1) is 17.2 Å². The smallest absolute Gasteiger partial charge is 0.409 e. The third kappa shape index (κ3) is 5.02. The number of aromatic nitrogens is 1. The summed E-state index contributed by atoms with van der Waals surface area (Å²) < 4.78 is 32.4. The standard InChI is InChI=1S/C18H21ClN4O5S2/c1-3-28-18(25)23-10-8-22(9-11-23)16(24)15-12(2)20-17(29-15)21-30(26,27)14-6-4-13(19)5-7-14/h4-7H,3,8-11H2,1-2H3,(H,20,21). The molecular weight excluding hydrogens is 452 g/mol. The fourth-order valence-corrected chi connectivity index (χ4v) is 5.17. The molecule has 0 unspecified atom stereocenters. The predicted molar refractivity (Wildman–Crippen MR) is 114 cm³/mol. The Morgan fingerprint density at radius 2 is 1.77 bits per heavy atom. The van der Waals surface area contributed by atoms with E-state index < -0.39 is 16.1 Å². The molecule has 1 aliphatic heterocycles. The molecule has 2 amide bonds. The summed E-state index contributed by atoms with van der Waals surface area (Å²) in [5, 5.41) is 0.533. The lowest BCUT2D eigenvalue weighted by Crippen LogP contribution is -2.50. The first-order valence-electron chi connectivity index (χ1n) is 9.18.